The maximum Gasteiger partial charge on any atom is 0.339 e. The molecule has 4 nitrogen and oxygen atoms in total. The van der Waals surface area contributed by atoms with Crippen LogP contribution in [0, 0.1) is 28.6 Å². The van der Waals surface area contributed by atoms with E-state index in [1.807, 2.05) is 0 Å². The molecule has 4 rings (SSSR count). The molecule has 2 N–H and O–H groups in total. The van der Waals surface area contributed by atoms with Gasteiger partial charge in [0.15, 0.2) is 5.78 Å². The van der Waals surface area contributed by atoms with Crippen molar-refractivity contribution in [3.63, 3.8) is 0 Å². The van der Waals surface area contributed by atoms with E-state index in [9.17, 15) is 14.7 Å². The second-order valence-electron chi connectivity index (χ2n) is 9.73. The molecule has 0 amide bonds. The number of carbonyl (C=O) groups is 2. The molecule has 3 fully saturated rings. The zero-order valence-electron chi connectivity index (χ0n) is 16.9. The predicted octanol–water partition coefficient (Wildman–Crippen LogP) is 4.47. The molecule has 0 bridgehead atoms. The fraction of sp³-hybridized carbons (Fsp3) is 0.739. The number of fused-ring (bicyclic) bond motifs is 5. The van der Waals surface area contributed by atoms with Crippen molar-refractivity contribution < 1.29 is 14.7 Å². The van der Waals surface area contributed by atoms with Crippen molar-refractivity contribution in [2.45, 2.75) is 72.1 Å². The van der Waals surface area contributed by atoms with Gasteiger partial charge in [-0.05, 0) is 74.2 Å². The maximum atomic E-state index is 12.6. The Hall–Kier alpha value is -1.58. The molecule has 3 aliphatic carbocycles. The van der Waals surface area contributed by atoms with Crippen LogP contribution in [0.1, 0.15) is 72.1 Å². The number of aliphatic carboxylic acids is 1. The maximum absolute atomic E-state index is 12.6. The van der Waals surface area contributed by atoms with Crippen molar-refractivity contribution in [3.8, 4) is 0 Å². The average Bonchev–Trinajstić information content (AvgIpc) is 3.01. The summed E-state index contributed by atoms with van der Waals surface area (Å²) >= 11 is 0. The predicted molar refractivity (Wildman–Crippen MR) is 105 cm³/mol. The molecule has 0 aromatic rings. The summed E-state index contributed by atoms with van der Waals surface area (Å²) in [7, 11) is 0. The van der Waals surface area contributed by atoms with E-state index in [2.05, 4.69) is 26.1 Å². The largest absolute Gasteiger partial charge is 0.478 e. The van der Waals surface area contributed by atoms with Crippen LogP contribution < -0.4 is 5.32 Å². The Balaban J connectivity index is 1.80. The Kier molecular flexibility index (Phi) is 4.51. The monoisotopic (exact) mass is 371 g/mol. The second-order valence-corrected chi connectivity index (χ2v) is 9.73. The Labute approximate surface area is 162 Å². The number of carboxylic acid groups (broad SMARTS) is 1. The minimum Gasteiger partial charge on any atom is -0.478 e. The Morgan fingerprint density at radius 1 is 1.26 bits per heavy atom. The normalized spacial score (nSPS) is 40.6. The lowest BCUT2D eigenvalue weighted by Crippen LogP contribution is -2.57. The van der Waals surface area contributed by atoms with Gasteiger partial charge in [-0.1, -0.05) is 26.7 Å². The van der Waals surface area contributed by atoms with Crippen LogP contribution >= 0.6 is 0 Å². The molecule has 1 aliphatic heterocycles. The van der Waals surface area contributed by atoms with Gasteiger partial charge in [0.1, 0.15) is 5.57 Å². The van der Waals surface area contributed by atoms with Gasteiger partial charge in [-0.15, -0.1) is 0 Å². The van der Waals surface area contributed by atoms with E-state index in [-0.39, 0.29) is 16.8 Å². The molecule has 1 saturated heterocycles. The Morgan fingerprint density at radius 3 is 2.74 bits per heavy atom. The van der Waals surface area contributed by atoms with E-state index in [1.54, 1.807) is 6.08 Å². The van der Waals surface area contributed by atoms with Crippen molar-refractivity contribution in [1.82, 2.24) is 5.32 Å². The van der Waals surface area contributed by atoms with E-state index in [1.165, 1.54) is 25.7 Å². The van der Waals surface area contributed by atoms with Gasteiger partial charge < -0.3 is 10.4 Å². The average molecular weight is 372 g/mol. The van der Waals surface area contributed by atoms with Gasteiger partial charge in [0.05, 0.1) is 0 Å². The molecule has 148 valence electrons. The van der Waals surface area contributed by atoms with Crippen LogP contribution in [-0.2, 0) is 9.59 Å². The topological polar surface area (TPSA) is 66.4 Å². The highest BCUT2D eigenvalue weighted by Crippen LogP contribution is 2.63. The van der Waals surface area contributed by atoms with Crippen molar-refractivity contribution in [2.75, 3.05) is 6.54 Å². The summed E-state index contributed by atoms with van der Waals surface area (Å²) in [6.07, 6.45) is 10.6. The molecule has 0 unspecified atom stereocenters. The number of rotatable bonds is 4. The van der Waals surface area contributed by atoms with E-state index >= 15 is 0 Å². The summed E-state index contributed by atoms with van der Waals surface area (Å²) in [6, 6.07) is 0. The highest BCUT2D eigenvalue weighted by molar-refractivity contribution is 6.23. The van der Waals surface area contributed by atoms with Crippen LogP contribution in [0.15, 0.2) is 22.9 Å². The van der Waals surface area contributed by atoms with Crippen LogP contribution in [0.3, 0.4) is 0 Å². The summed E-state index contributed by atoms with van der Waals surface area (Å²) in [5.74, 6) is 0.365. The number of hydrogen-bond donors (Lipinski definition) is 2. The zero-order chi connectivity index (χ0) is 19.4. The van der Waals surface area contributed by atoms with Crippen molar-refractivity contribution in [1.29, 1.82) is 0 Å². The number of allylic oxidation sites excluding steroid dienone is 2. The minimum atomic E-state index is -1.05. The number of carbonyl (C=O) groups excluding carboxylic acids is 1. The van der Waals surface area contributed by atoms with Gasteiger partial charge in [0.2, 0.25) is 0 Å². The molecular formula is C23H33NO3. The number of ketones is 1. The molecule has 0 radical (unpaired) electrons. The Morgan fingerprint density at radius 2 is 2.04 bits per heavy atom. The summed E-state index contributed by atoms with van der Waals surface area (Å²) in [4.78, 5) is 24.7. The van der Waals surface area contributed by atoms with Crippen molar-refractivity contribution in [2.24, 2.45) is 28.6 Å². The van der Waals surface area contributed by atoms with Gasteiger partial charge in [-0.2, -0.15) is 0 Å². The van der Waals surface area contributed by atoms with Gasteiger partial charge >= 0.3 is 5.97 Å². The van der Waals surface area contributed by atoms with Gasteiger partial charge in [0.25, 0.3) is 0 Å². The smallest absolute Gasteiger partial charge is 0.339 e. The molecule has 2 saturated carbocycles. The minimum absolute atomic E-state index is 0.0527. The lowest BCUT2D eigenvalue weighted by molar-refractivity contribution is -0.134. The SMILES string of the molecule is CCCCC1=C(C(=O)O)C(=O)C=C2NC[C@H]3[C@@H]4CCC[C@@]4(C)CC[C@@H]3[C@]21C. The molecular weight excluding hydrogens is 338 g/mol. The van der Waals surface area contributed by atoms with Crippen molar-refractivity contribution in [3.05, 3.63) is 22.9 Å². The fourth-order valence-corrected chi connectivity index (χ4v) is 7.06. The number of hydrogen-bond acceptors (Lipinski definition) is 3. The molecule has 4 heteroatoms. The first-order chi connectivity index (χ1) is 12.8. The molecule has 27 heavy (non-hydrogen) atoms. The quantitative estimate of drug-likeness (QED) is 0.716. The highest BCUT2D eigenvalue weighted by atomic mass is 16.4. The first-order valence-electron chi connectivity index (χ1n) is 10.8. The van der Waals surface area contributed by atoms with Crippen molar-refractivity contribution >= 4 is 11.8 Å². The standard InChI is InChI=1S/C23H33NO3/c1-4-5-7-17-20(21(26)27)18(25)12-19-23(17,3)16-9-11-22(2)10-6-8-15(22)14(16)13-24-19/h12,14-16,24H,4-11,13H2,1-3H3,(H,26,27)/t14-,15-,16-,22-,23-/m0/s1. The molecule has 0 spiro atoms. The van der Waals surface area contributed by atoms with Crippen LogP contribution in [0.25, 0.3) is 0 Å². The van der Waals surface area contributed by atoms with Crippen LogP contribution in [0.4, 0.5) is 0 Å². The number of piperidine rings is 1. The molecule has 1 heterocycles. The molecule has 4 aliphatic rings. The van der Waals surface area contributed by atoms with Crippen LogP contribution in [-0.4, -0.2) is 23.4 Å². The van der Waals surface area contributed by atoms with E-state index in [0.29, 0.717) is 23.7 Å². The van der Waals surface area contributed by atoms with Crippen LogP contribution in [0.2, 0.25) is 0 Å². The van der Waals surface area contributed by atoms with Gasteiger partial charge in [0, 0.05) is 23.7 Å². The summed E-state index contributed by atoms with van der Waals surface area (Å²) < 4.78 is 0. The Bertz CT molecular complexity index is 736. The zero-order valence-corrected chi connectivity index (χ0v) is 16.9. The molecule has 0 aromatic heterocycles. The summed E-state index contributed by atoms with van der Waals surface area (Å²) in [5, 5.41) is 13.4. The second kappa shape index (κ2) is 6.49. The third kappa shape index (κ3) is 2.62. The van der Waals surface area contributed by atoms with E-state index in [4.69, 9.17) is 0 Å². The molecule has 5 atom stereocenters. The molecule has 0 aromatic carbocycles. The van der Waals surface area contributed by atoms with Gasteiger partial charge in [-0.25, -0.2) is 4.79 Å². The summed E-state index contributed by atoms with van der Waals surface area (Å²) in [6.45, 7) is 7.75. The first-order valence-corrected chi connectivity index (χ1v) is 10.8. The summed E-state index contributed by atoms with van der Waals surface area (Å²) in [5.41, 5.74) is 2.05. The highest BCUT2D eigenvalue weighted by Gasteiger charge is 2.58. The third-order valence-electron chi connectivity index (χ3n) is 8.49. The lowest BCUT2D eigenvalue weighted by Gasteiger charge is -2.58. The number of carboxylic acids is 1. The number of nitrogens with one attached hydrogen (secondary N) is 1. The number of unbranched alkanes of at least 4 members (excludes halogenated alkanes) is 1. The fourth-order valence-electron chi connectivity index (χ4n) is 7.06. The van der Waals surface area contributed by atoms with E-state index < -0.39 is 5.97 Å². The van der Waals surface area contributed by atoms with E-state index in [0.717, 1.165) is 43.0 Å². The first kappa shape index (κ1) is 18.8. The van der Waals surface area contributed by atoms with Gasteiger partial charge in [-0.3, -0.25) is 4.79 Å². The van der Waals surface area contributed by atoms with Crippen LogP contribution in [0.5, 0.6) is 0 Å². The lowest BCUT2D eigenvalue weighted by atomic mass is 9.49. The third-order valence-corrected chi connectivity index (χ3v) is 8.49.